The van der Waals surface area contributed by atoms with Crippen LogP contribution in [0.15, 0.2) is 229 Å². The van der Waals surface area contributed by atoms with Gasteiger partial charge in [-0.2, -0.15) is 0 Å². The lowest BCUT2D eigenvalue weighted by Crippen LogP contribution is -2.28. The average Bonchev–Trinajstić information content (AvgIpc) is 3.88. The smallest absolute Gasteiger partial charge is 0.164 e. The quantitative estimate of drug-likeness (QED) is 0.161. The van der Waals surface area contributed by atoms with Crippen LogP contribution in [0.5, 0.6) is 0 Å². The van der Waals surface area contributed by atoms with Gasteiger partial charge in [-0.05, 0) is 79.9 Å². The lowest BCUT2D eigenvalue weighted by Gasteiger charge is -2.33. The summed E-state index contributed by atoms with van der Waals surface area (Å²) >= 11 is 0. The van der Waals surface area contributed by atoms with E-state index in [2.05, 4.69) is 188 Å². The zero-order valence-corrected chi connectivity index (χ0v) is 33.6. The highest BCUT2D eigenvalue weighted by atomic mass is 16.3. The molecule has 1 aliphatic carbocycles. The molecule has 0 N–H and O–H groups in total. The Morgan fingerprint density at radius 3 is 1.45 bits per heavy atom. The summed E-state index contributed by atoms with van der Waals surface area (Å²) in [6.45, 7) is 0. The first-order valence-corrected chi connectivity index (χ1v) is 21.0. The third-order valence-electron chi connectivity index (χ3n) is 12.4. The van der Waals surface area contributed by atoms with Crippen molar-refractivity contribution >= 4 is 21.9 Å². The van der Waals surface area contributed by atoms with E-state index in [-0.39, 0.29) is 0 Å². The normalized spacial score (nSPS) is 12.6. The Morgan fingerprint density at radius 1 is 0.306 bits per heavy atom. The summed E-state index contributed by atoms with van der Waals surface area (Å²) in [7, 11) is 0. The van der Waals surface area contributed by atoms with Gasteiger partial charge in [0, 0.05) is 27.5 Å². The molecule has 0 fully saturated rings. The van der Waals surface area contributed by atoms with Crippen LogP contribution in [-0.4, -0.2) is 15.0 Å². The second kappa shape index (κ2) is 14.5. The molecule has 0 spiro atoms. The fourth-order valence-electron chi connectivity index (χ4n) is 9.66. The van der Waals surface area contributed by atoms with Crippen molar-refractivity contribution in [1.82, 2.24) is 15.0 Å². The summed E-state index contributed by atoms with van der Waals surface area (Å²) in [6.07, 6.45) is 0. The number of benzene rings is 9. The van der Waals surface area contributed by atoms with Gasteiger partial charge in [-0.1, -0.05) is 200 Å². The molecule has 2 heterocycles. The molecule has 2 aromatic heterocycles. The number of fused-ring (bicyclic) bond motifs is 6. The maximum atomic E-state index is 6.82. The molecule has 0 saturated heterocycles. The zero-order valence-electron chi connectivity index (χ0n) is 33.6. The monoisotopic (exact) mass is 791 g/mol. The summed E-state index contributed by atoms with van der Waals surface area (Å²) in [5.41, 5.74) is 15.8. The van der Waals surface area contributed by atoms with Crippen LogP contribution in [0.25, 0.3) is 89.5 Å². The predicted octanol–water partition coefficient (Wildman–Crippen LogP) is 14.5. The number of nitrogens with zero attached hydrogens (tertiary/aromatic N) is 3. The van der Waals surface area contributed by atoms with E-state index in [0.29, 0.717) is 17.5 Å². The Balaban J connectivity index is 0.997. The van der Waals surface area contributed by atoms with Crippen LogP contribution in [0.1, 0.15) is 22.3 Å². The van der Waals surface area contributed by atoms with Crippen LogP contribution in [0.3, 0.4) is 0 Å². The third-order valence-corrected chi connectivity index (χ3v) is 12.4. The lowest BCUT2D eigenvalue weighted by atomic mass is 9.67. The molecule has 4 nitrogen and oxygen atoms in total. The zero-order chi connectivity index (χ0) is 41.0. The van der Waals surface area contributed by atoms with Gasteiger partial charge >= 0.3 is 0 Å². The second-order valence-corrected chi connectivity index (χ2v) is 15.9. The van der Waals surface area contributed by atoms with E-state index in [4.69, 9.17) is 19.4 Å². The van der Waals surface area contributed by atoms with E-state index in [1.807, 2.05) is 36.4 Å². The molecule has 0 atom stereocenters. The maximum Gasteiger partial charge on any atom is 0.164 e. The molecule has 0 saturated carbocycles. The molecule has 0 unspecified atom stereocenters. The largest absolute Gasteiger partial charge is 0.456 e. The third kappa shape index (κ3) is 5.72. The molecule has 12 rings (SSSR count). The van der Waals surface area contributed by atoms with Crippen LogP contribution in [0.2, 0.25) is 0 Å². The summed E-state index contributed by atoms with van der Waals surface area (Å²) < 4.78 is 6.82. The average molecular weight is 792 g/mol. The molecular formula is C58H37N3O. The van der Waals surface area contributed by atoms with E-state index < -0.39 is 5.41 Å². The van der Waals surface area contributed by atoms with Gasteiger partial charge in [-0.25, -0.2) is 15.0 Å². The Bertz CT molecular complexity index is 3420. The highest BCUT2D eigenvalue weighted by molar-refractivity contribution is 6.13. The number of rotatable bonds is 7. The number of furan rings is 1. The van der Waals surface area contributed by atoms with E-state index in [0.717, 1.165) is 60.9 Å². The fourth-order valence-corrected chi connectivity index (χ4v) is 9.66. The van der Waals surface area contributed by atoms with Gasteiger partial charge in [0.05, 0.1) is 5.41 Å². The van der Waals surface area contributed by atoms with Gasteiger partial charge < -0.3 is 4.42 Å². The van der Waals surface area contributed by atoms with Crippen LogP contribution in [0, 0.1) is 0 Å². The Kier molecular flexibility index (Phi) is 8.36. The van der Waals surface area contributed by atoms with Crippen molar-refractivity contribution in [2.24, 2.45) is 0 Å². The minimum absolute atomic E-state index is 0.510. The van der Waals surface area contributed by atoms with E-state index in [1.165, 1.54) is 33.4 Å². The summed E-state index contributed by atoms with van der Waals surface area (Å²) in [5.74, 6) is 1.86. The van der Waals surface area contributed by atoms with Gasteiger partial charge in [-0.15, -0.1) is 0 Å². The van der Waals surface area contributed by atoms with Crippen LogP contribution < -0.4 is 0 Å². The molecule has 9 aromatic carbocycles. The van der Waals surface area contributed by atoms with Crippen molar-refractivity contribution in [3.63, 3.8) is 0 Å². The Labute approximate surface area is 359 Å². The number of hydrogen-bond donors (Lipinski definition) is 0. The van der Waals surface area contributed by atoms with Crippen molar-refractivity contribution in [2.45, 2.75) is 5.41 Å². The van der Waals surface area contributed by atoms with E-state index >= 15 is 0 Å². The molecule has 0 bridgehead atoms. The summed E-state index contributed by atoms with van der Waals surface area (Å²) in [4.78, 5) is 15.3. The standard InChI is InChI=1S/C58H37N3O/c1-4-17-38(18-5-1)40-21-14-23-42(35-40)56-59-55(39-19-6-2-7-20-39)60-57(61-56)43-24-15-22-41(36-43)46-29-16-32-52-54(46)49-34-33-45(37-53(49)62-52)58(44-25-8-3-9-26-44)50-30-12-10-27-47(50)48-28-11-13-31-51(48)58/h1-37H. The van der Waals surface area contributed by atoms with Gasteiger partial charge in [-0.3, -0.25) is 0 Å². The predicted molar refractivity (Wildman–Crippen MR) is 252 cm³/mol. The van der Waals surface area contributed by atoms with Crippen molar-refractivity contribution in [3.8, 4) is 67.5 Å². The first-order chi connectivity index (χ1) is 30.7. The first kappa shape index (κ1) is 35.7. The molecule has 62 heavy (non-hydrogen) atoms. The van der Waals surface area contributed by atoms with Crippen molar-refractivity contribution in [3.05, 3.63) is 247 Å². The Hall–Kier alpha value is -8.21. The molecule has 11 aromatic rings. The molecule has 0 aliphatic heterocycles. The summed E-state index contributed by atoms with van der Waals surface area (Å²) in [6, 6.07) is 79.2. The van der Waals surface area contributed by atoms with Crippen molar-refractivity contribution < 1.29 is 4.42 Å². The van der Waals surface area contributed by atoms with Crippen LogP contribution >= 0.6 is 0 Å². The first-order valence-electron chi connectivity index (χ1n) is 21.0. The van der Waals surface area contributed by atoms with Gasteiger partial charge in [0.2, 0.25) is 0 Å². The fraction of sp³-hybridized carbons (Fsp3) is 0.0172. The molecule has 0 amide bonds. The summed E-state index contributed by atoms with van der Waals surface area (Å²) in [5, 5.41) is 2.14. The highest BCUT2D eigenvalue weighted by Crippen LogP contribution is 2.56. The second-order valence-electron chi connectivity index (χ2n) is 15.9. The number of aromatic nitrogens is 3. The van der Waals surface area contributed by atoms with Gasteiger partial charge in [0.1, 0.15) is 11.2 Å². The topological polar surface area (TPSA) is 51.8 Å². The number of hydrogen-bond acceptors (Lipinski definition) is 4. The lowest BCUT2D eigenvalue weighted by molar-refractivity contribution is 0.665. The molecule has 0 radical (unpaired) electrons. The van der Waals surface area contributed by atoms with Crippen LogP contribution in [0.4, 0.5) is 0 Å². The minimum atomic E-state index is -0.510. The van der Waals surface area contributed by atoms with Crippen LogP contribution in [-0.2, 0) is 5.41 Å². The van der Waals surface area contributed by atoms with Crippen molar-refractivity contribution in [2.75, 3.05) is 0 Å². The maximum absolute atomic E-state index is 6.82. The van der Waals surface area contributed by atoms with E-state index in [9.17, 15) is 0 Å². The minimum Gasteiger partial charge on any atom is -0.456 e. The molecule has 1 aliphatic rings. The Morgan fingerprint density at radius 2 is 0.790 bits per heavy atom. The molecule has 4 heteroatoms. The highest BCUT2D eigenvalue weighted by Gasteiger charge is 2.46. The van der Waals surface area contributed by atoms with Gasteiger partial charge in [0.25, 0.3) is 0 Å². The SMILES string of the molecule is c1ccc(-c2cccc(-c3nc(-c4ccccc4)nc(-c4cccc(-c5cccc6oc7cc(C8(c9ccccc9)c9ccccc9-c9ccccc98)ccc7c56)c4)n3)c2)cc1. The van der Waals surface area contributed by atoms with Gasteiger partial charge in [0.15, 0.2) is 17.5 Å². The van der Waals surface area contributed by atoms with Crippen molar-refractivity contribution in [1.29, 1.82) is 0 Å². The molecule has 290 valence electrons. The molecular weight excluding hydrogens is 755 g/mol. The van der Waals surface area contributed by atoms with E-state index in [1.54, 1.807) is 0 Å².